The Balaban J connectivity index is 2.05. The van der Waals surface area contributed by atoms with Crippen molar-refractivity contribution in [3.8, 4) is 0 Å². The highest BCUT2D eigenvalue weighted by molar-refractivity contribution is 7.09. The molecule has 1 aromatic heterocycles. The number of carbonyl (C=O) groups excluding carboxylic acids is 1. The maximum Gasteiger partial charge on any atom is 0.273 e. The van der Waals surface area contributed by atoms with Crippen molar-refractivity contribution in [3.05, 3.63) is 16.1 Å². The fourth-order valence-electron chi connectivity index (χ4n) is 2.77. The molecule has 0 aliphatic carbocycles. The Hall–Kier alpha value is -0.980. The van der Waals surface area contributed by atoms with Gasteiger partial charge in [0.15, 0.2) is 0 Å². The van der Waals surface area contributed by atoms with Gasteiger partial charge in [-0.1, -0.05) is 13.3 Å². The first kappa shape index (κ1) is 15.4. The van der Waals surface area contributed by atoms with Crippen molar-refractivity contribution in [1.82, 2.24) is 14.8 Å². The zero-order valence-corrected chi connectivity index (χ0v) is 13.4. The first-order valence-corrected chi connectivity index (χ1v) is 7.83. The second-order valence-electron chi connectivity index (χ2n) is 5.47. The number of amides is 1. The number of aromatic nitrogens is 1. The first-order valence-electron chi connectivity index (χ1n) is 6.95. The van der Waals surface area contributed by atoms with Crippen LogP contribution < -0.4 is 0 Å². The van der Waals surface area contributed by atoms with Gasteiger partial charge < -0.3 is 14.5 Å². The van der Waals surface area contributed by atoms with E-state index in [9.17, 15) is 4.79 Å². The standard InChI is InChI=1S/C14H23N3O2S/c1-5-10-6-17(7-12(10)16(2)3)14(18)11-9-20-13(15-11)8-19-4/h9-10,12H,5-8H2,1-4H3/t10-,12+/m1/s1. The molecular formula is C14H23N3O2S. The van der Waals surface area contributed by atoms with Crippen molar-refractivity contribution in [1.29, 1.82) is 0 Å². The summed E-state index contributed by atoms with van der Waals surface area (Å²) in [5, 5.41) is 2.69. The smallest absolute Gasteiger partial charge is 0.273 e. The highest BCUT2D eigenvalue weighted by atomic mass is 32.1. The molecule has 1 fully saturated rings. The Kier molecular flexibility index (Phi) is 5.12. The van der Waals surface area contributed by atoms with Crippen molar-refractivity contribution in [2.24, 2.45) is 5.92 Å². The van der Waals surface area contributed by atoms with Crippen molar-refractivity contribution in [2.45, 2.75) is 26.0 Å². The van der Waals surface area contributed by atoms with E-state index in [1.165, 1.54) is 11.3 Å². The van der Waals surface area contributed by atoms with Gasteiger partial charge in [0.2, 0.25) is 0 Å². The maximum absolute atomic E-state index is 12.5. The third-order valence-electron chi connectivity index (χ3n) is 3.92. The van der Waals surface area contributed by atoms with Crippen LogP contribution in [0.3, 0.4) is 0 Å². The van der Waals surface area contributed by atoms with E-state index in [-0.39, 0.29) is 5.91 Å². The summed E-state index contributed by atoms with van der Waals surface area (Å²) in [6.45, 7) is 4.28. The third kappa shape index (κ3) is 3.19. The van der Waals surface area contributed by atoms with Gasteiger partial charge in [0.05, 0.1) is 6.61 Å². The van der Waals surface area contributed by atoms with Crippen LogP contribution in [0.5, 0.6) is 0 Å². The Bertz CT molecular complexity index is 461. The van der Waals surface area contributed by atoms with Gasteiger partial charge in [-0.3, -0.25) is 4.79 Å². The predicted molar refractivity (Wildman–Crippen MR) is 80.0 cm³/mol. The van der Waals surface area contributed by atoms with Crippen LogP contribution in [0, 0.1) is 5.92 Å². The molecule has 112 valence electrons. The summed E-state index contributed by atoms with van der Waals surface area (Å²) in [6.07, 6.45) is 1.10. The number of ether oxygens (including phenoxy) is 1. The minimum absolute atomic E-state index is 0.0476. The molecule has 5 nitrogen and oxygen atoms in total. The minimum Gasteiger partial charge on any atom is -0.378 e. The lowest BCUT2D eigenvalue weighted by molar-refractivity contribution is 0.0775. The van der Waals surface area contributed by atoms with E-state index < -0.39 is 0 Å². The number of carbonyl (C=O) groups is 1. The second kappa shape index (κ2) is 6.65. The average molecular weight is 297 g/mol. The molecule has 0 aromatic carbocycles. The van der Waals surface area contributed by atoms with Crippen LogP contribution >= 0.6 is 11.3 Å². The van der Waals surface area contributed by atoms with E-state index in [2.05, 4.69) is 30.9 Å². The molecule has 1 aliphatic heterocycles. The van der Waals surface area contributed by atoms with E-state index in [0.29, 0.717) is 24.3 Å². The fraction of sp³-hybridized carbons (Fsp3) is 0.714. The molecule has 1 aromatic rings. The molecule has 0 saturated carbocycles. The van der Waals surface area contributed by atoms with E-state index in [4.69, 9.17) is 4.74 Å². The number of likely N-dealkylation sites (N-methyl/N-ethyl adjacent to an activating group) is 1. The van der Waals surface area contributed by atoms with Crippen LogP contribution in [-0.4, -0.2) is 61.0 Å². The number of thiazole rings is 1. The molecule has 2 atom stereocenters. The van der Waals surface area contributed by atoms with Gasteiger partial charge in [0.1, 0.15) is 10.7 Å². The molecule has 2 rings (SSSR count). The molecule has 2 heterocycles. The van der Waals surface area contributed by atoms with Gasteiger partial charge in [0.25, 0.3) is 5.91 Å². The monoisotopic (exact) mass is 297 g/mol. The molecule has 1 saturated heterocycles. The van der Waals surface area contributed by atoms with Crippen molar-refractivity contribution in [3.63, 3.8) is 0 Å². The van der Waals surface area contributed by atoms with Gasteiger partial charge in [-0.25, -0.2) is 4.98 Å². The lowest BCUT2D eigenvalue weighted by Gasteiger charge is -2.23. The summed E-state index contributed by atoms with van der Waals surface area (Å²) >= 11 is 1.48. The lowest BCUT2D eigenvalue weighted by atomic mass is 10.0. The minimum atomic E-state index is 0.0476. The second-order valence-corrected chi connectivity index (χ2v) is 6.41. The van der Waals surface area contributed by atoms with Gasteiger partial charge in [-0.15, -0.1) is 11.3 Å². The summed E-state index contributed by atoms with van der Waals surface area (Å²) in [5.74, 6) is 0.595. The predicted octanol–water partition coefficient (Wildman–Crippen LogP) is 1.70. The van der Waals surface area contributed by atoms with Crippen LogP contribution in [-0.2, 0) is 11.3 Å². The average Bonchev–Trinajstić information content (AvgIpc) is 3.04. The molecule has 1 amide bonds. The highest BCUT2D eigenvalue weighted by Gasteiger charge is 2.36. The van der Waals surface area contributed by atoms with Crippen LogP contribution in [0.25, 0.3) is 0 Å². The molecule has 0 bridgehead atoms. The molecule has 0 unspecified atom stereocenters. The zero-order valence-electron chi connectivity index (χ0n) is 12.6. The summed E-state index contributed by atoms with van der Waals surface area (Å²) in [6, 6.07) is 0.445. The topological polar surface area (TPSA) is 45.7 Å². The van der Waals surface area contributed by atoms with Gasteiger partial charge in [-0.05, 0) is 20.0 Å². The summed E-state index contributed by atoms with van der Waals surface area (Å²) in [5.41, 5.74) is 0.552. The van der Waals surface area contributed by atoms with Crippen molar-refractivity contribution in [2.75, 3.05) is 34.3 Å². The molecule has 0 radical (unpaired) electrons. The number of hydrogen-bond acceptors (Lipinski definition) is 5. The summed E-state index contributed by atoms with van der Waals surface area (Å²) in [7, 11) is 5.80. The lowest BCUT2D eigenvalue weighted by Crippen LogP contribution is -2.36. The quantitative estimate of drug-likeness (QED) is 0.830. The molecule has 6 heteroatoms. The number of nitrogens with zero attached hydrogens (tertiary/aromatic N) is 3. The zero-order chi connectivity index (χ0) is 14.7. The number of hydrogen-bond donors (Lipinski definition) is 0. The Labute approximate surface area is 124 Å². The molecular weight excluding hydrogens is 274 g/mol. The van der Waals surface area contributed by atoms with Crippen LogP contribution in [0.15, 0.2) is 5.38 Å². The molecule has 20 heavy (non-hydrogen) atoms. The van der Waals surface area contributed by atoms with E-state index in [0.717, 1.165) is 24.5 Å². The van der Waals surface area contributed by atoms with E-state index >= 15 is 0 Å². The largest absolute Gasteiger partial charge is 0.378 e. The van der Waals surface area contributed by atoms with Gasteiger partial charge in [-0.2, -0.15) is 0 Å². The number of likely N-dealkylation sites (tertiary alicyclic amines) is 1. The van der Waals surface area contributed by atoms with Crippen LogP contribution in [0.2, 0.25) is 0 Å². The molecule has 1 aliphatic rings. The normalized spacial score (nSPS) is 22.8. The Morgan fingerprint density at radius 2 is 2.30 bits per heavy atom. The summed E-state index contributed by atoms with van der Waals surface area (Å²) in [4.78, 5) is 21.0. The molecule has 0 spiro atoms. The number of rotatable bonds is 5. The molecule has 0 N–H and O–H groups in total. The number of methoxy groups -OCH3 is 1. The van der Waals surface area contributed by atoms with Gasteiger partial charge >= 0.3 is 0 Å². The summed E-state index contributed by atoms with van der Waals surface area (Å²) < 4.78 is 5.05. The van der Waals surface area contributed by atoms with Gasteiger partial charge in [0, 0.05) is 31.6 Å². The van der Waals surface area contributed by atoms with Crippen molar-refractivity contribution < 1.29 is 9.53 Å². The van der Waals surface area contributed by atoms with Crippen LogP contribution in [0.1, 0.15) is 28.8 Å². The SMILES string of the molecule is CC[C@@H]1CN(C(=O)c2csc(COC)n2)C[C@@H]1N(C)C. The maximum atomic E-state index is 12.5. The fourth-order valence-corrected chi connectivity index (χ4v) is 3.51. The van der Waals surface area contributed by atoms with E-state index in [1.54, 1.807) is 7.11 Å². The van der Waals surface area contributed by atoms with Crippen molar-refractivity contribution >= 4 is 17.2 Å². The first-order chi connectivity index (χ1) is 9.56. The highest BCUT2D eigenvalue weighted by Crippen LogP contribution is 2.25. The van der Waals surface area contributed by atoms with E-state index in [1.807, 2.05) is 10.3 Å². The Morgan fingerprint density at radius 1 is 1.55 bits per heavy atom. The van der Waals surface area contributed by atoms with Crippen LogP contribution in [0.4, 0.5) is 0 Å². The third-order valence-corrected chi connectivity index (χ3v) is 4.74. The Morgan fingerprint density at radius 3 is 2.85 bits per heavy atom.